The first-order chi connectivity index (χ1) is 15.4. The van der Waals surface area contributed by atoms with E-state index < -0.39 is 11.7 Å². The number of aromatic nitrogens is 1. The van der Waals surface area contributed by atoms with E-state index in [-0.39, 0.29) is 6.04 Å². The van der Waals surface area contributed by atoms with Crippen LogP contribution in [0.5, 0.6) is 0 Å². The van der Waals surface area contributed by atoms with Crippen LogP contribution in [-0.4, -0.2) is 16.7 Å². The van der Waals surface area contributed by atoms with E-state index in [9.17, 15) is 4.79 Å². The van der Waals surface area contributed by atoms with E-state index in [0.717, 1.165) is 33.3 Å². The fourth-order valence-corrected chi connectivity index (χ4v) is 3.76. The van der Waals surface area contributed by atoms with Crippen LogP contribution in [0.1, 0.15) is 38.1 Å². The van der Waals surface area contributed by atoms with Gasteiger partial charge in [-0.2, -0.15) is 0 Å². The fourth-order valence-electron chi connectivity index (χ4n) is 3.76. The molecule has 0 saturated carbocycles. The Hall–Kier alpha value is -3.66. The lowest BCUT2D eigenvalue weighted by molar-refractivity contribution is 0.0502. The highest BCUT2D eigenvalue weighted by molar-refractivity contribution is 5.94. The van der Waals surface area contributed by atoms with Crippen LogP contribution in [-0.2, 0) is 11.2 Å². The van der Waals surface area contributed by atoms with Crippen LogP contribution in [0.25, 0.3) is 22.0 Å². The molecule has 1 N–H and O–H groups in total. The third kappa shape index (κ3) is 5.33. The van der Waals surface area contributed by atoms with Crippen LogP contribution in [0.2, 0.25) is 0 Å². The zero-order valence-corrected chi connectivity index (χ0v) is 18.7. The van der Waals surface area contributed by atoms with Gasteiger partial charge in [0.1, 0.15) is 5.60 Å². The topological polar surface area (TPSA) is 51.2 Å². The van der Waals surface area contributed by atoms with Gasteiger partial charge in [0, 0.05) is 5.39 Å². The number of hydrogen-bond donors (Lipinski definition) is 1. The van der Waals surface area contributed by atoms with Crippen LogP contribution in [0, 0.1) is 0 Å². The number of ether oxygens (including phenoxy) is 1. The Balaban J connectivity index is 1.79. The molecule has 1 heterocycles. The van der Waals surface area contributed by atoms with Gasteiger partial charge < -0.3 is 10.1 Å². The van der Waals surface area contributed by atoms with Gasteiger partial charge in [0.15, 0.2) is 0 Å². The van der Waals surface area contributed by atoms with Crippen LogP contribution in [0.15, 0.2) is 91.0 Å². The van der Waals surface area contributed by atoms with Gasteiger partial charge in [0.25, 0.3) is 0 Å². The predicted molar refractivity (Wildman–Crippen MR) is 129 cm³/mol. The van der Waals surface area contributed by atoms with E-state index in [1.165, 1.54) is 0 Å². The van der Waals surface area contributed by atoms with Crippen molar-refractivity contribution in [2.24, 2.45) is 0 Å². The monoisotopic (exact) mass is 424 g/mol. The molecule has 32 heavy (non-hydrogen) atoms. The van der Waals surface area contributed by atoms with E-state index >= 15 is 0 Å². The average molecular weight is 425 g/mol. The predicted octanol–water partition coefficient (Wildman–Crippen LogP) is 6.71. The number of nitrogens with one attached hydrogen (secondary N) is 1. The third-order valence-corrected chi connectivity index (χ3v) is 5.15. The Morgan fingerprint density at radius 2 is 1.53 bits per heavy atom. The van der Waals surface area contributed by atoms with Crippen molar-refractivity contribution in [1.82, 2.24) is 10.3 Å². The molecule has 4 rings (SSSR count). The molecule has 0 saturated heterocycles. The first kappa shape index (κ1) is 21.6. The molecule has 1 unspecified atom stereocenters. The van der Waals surface area contributed by atoms with Gasteiger partial charge in [-0.25, -0.2) is 4.79 Å². The highest BCUT2D eigenvalue weighted by Crippen LogP contribution is 2.31. The first-order valence-corrected chi connectivity index (χ1v) is 10.9. The number of fused-ring (bicyclic) bond motifs is 1. The second-order valence-corrected chi connectivity index (χ2v) is 8.87. The molecule has 1 atom stereocenters. The van der Waals surface area contributed by atoms with E-state index in [1.54, 1.807) is 0 Å². The first-order valence-electron chi connectivity index (χ1n) is 10.9. The molecule has 4 aromatic rings. The van der Waals surface area contributed by atoms with Crippen LogP contribution < -0.4 is 5.32 Å². The highest BCUT2D eigenvalue weighted by Gasteiger charge is 2.23. The number of benzene rings is 3. The Morgan fingerprint density at radius 1 is 0.906 bits per heavy atom. The number of carbonyl (C=O) groups is 1. The number of rotatable bonds is 5. The molecule has 0 aliphatic carbocycles. The molecule has 4 nitrogen and oxygen atoms in total. The molecule has 0 aliphatic rings. The number of carbonyl (C=O) groups excluding carboxylic acids is 1. The lowest BCUT2D eigenvalue weighted by Gasteiger charge is -2.24. The third-order valence-electron chi connectivity index (χ3n) is 5.15. The smallest absolute Gasteiger partial charge is 0.408 e. The molecule has 162 valence electrons. The van der Waals surface area contributed by atoms with E-state index in [2.05, 4.69) is 41.7 Å². The number of alkyl carbamates (subject to hydrolysis) is 1. The van der Waals surface area contributed by atoms with Crippen molar-refractivity contribution in [2.75, 3.05) is 0 Å². The highest BCUT2D eigenvalue weighted by atomic mass is 16.6. The number of pyridine rings is 1. The minimum absolute atomic E-state index is 0.334. The molecule has 0 radical (unpaired) electrons. The van der Waals surface area contributed by atoms with Crippen LogP contribution >= 0.6 is 0 Å². The molecule has 1 aromatic heterocycles. The summed E-state index contributed by atoms with van der Waals surface area (Å²) in [5.74, 6) is 0. The maximum absolute atomic E-state index is 12.7. The standard InChI is InChI=1S/C28H28N2O2/c1-28(2,3)32-27(31)30-25(18-20-12-6-4-7-13-20)26-19-23(21-14-8-5-9-15-21)22-16-10-11-17-24(22)29-26/h4-17,19,25H,18H2,1-3H3,(H,30,31). The zero-order valence-electron chi connectivity index (χ0n) is 18.7. The molecule has 0 fully saturated rings. The van der Waals surface area contributed by atoms with Gasteiger partial charge in [0.05, 0.1) is 17.3 Å². The summed E-state index contributed by atoms with van der Waals surface area (Å²) < 4.78 is 5.55. The molecule has 0 aliphatic heterocycles. The Bertz CT molecular complexity index is 1200. The Labute approximate surface area is 189 Å². The summed E-state index contributed by atoms with van der Waals surface area (Å²) in [4.78, 5) is 17.6. The molecule has 0 spiro atoms. The van der Waals surface area contributed by atoms with Gasteiger partial charge in [-0.15, -0.1) is 0 Å². The van der Waals surface area contributed by atoms with Crippen LogP contribution in [0.3, 0.4) is 0 Å². The largest absolute Gasteiger partial charge is 0.444 e. The Kier molecular flexibility index (Phi) is 6.22. The second-order valence-electron chi connectivity index (χ2n) is 8.87. The number of para-hydroxylation sites is 1. The Morgan fingerprint density at radius 3 is 2.22 bits per heavy atom. The van der Waals surface area contributed by atoms with E-state index in [1.807, 2.05) is 75.4 Å². The van der Waals surface area contributed by atoms with Gasteiger partial charge in [-0.05, 0) is 56.0 Å². The van der Waals surface area contributed by atoms with Gasteiger partial charge in [-0.3, -0.25) is 4.98 Å². The maximum Gasteiger partial charge on any atom is 0.408 e. The summed E-state index contributed by atoms with van der Waals surface area (Å²) in [6.07, 6.45) is 0.161. The molecular formula is C28H28N2O2. The van der Waals surface area contributed by atoms with Crippen molar-refractivity contribution in [3.63, 3.8) is 0 Å². The number of hydrogen-bond acceptors (Lipinski definition) is 3. The normalized spacial score (nSPS) is 12.3. The van der Waals surface area contributed by atoms with E-state index in [4.69, 9.17) is 9.72 Å². The molecular weight excluding hydrogens is 396 g/mol. The lowest BCUT2D eigenvalue weighted by atomic mass is 9.96. The zero-order chi connectivity index (χ0) is 22.6. The summed E-state index contributed by atoms with van der Waals surface area (Å²) in [5.41, 5.74) is 4.45. The summed E-state index contributed by atoms with van der Waals surface area (Å²) in [6.45, 7) is 5.59. The lowest BCUT2D eigenvalue weighted by Crippen LogP contribution is -2.36. The van der Waals surface area contributed by atoms with Gasteiger partial charge in [-0.1, -0.05) is 78.9 Å². The molecule has 1 amide bonds. The van der Waals surface area contributed by atoms with Crippen molar-refractivity contribution in [3.05, 3.63) is 102 Å². The van der Waals surface area contributed by atoms with E-state index in [0.29, 0.717) is 6.42 Å². The number of nitrogens with zero attached hydrogens (tertiary/aromatic N) is 1. The summed E-state index contributed by atoms with van der Waals surface area (Å²) >= 11 is 0. The van der Waals surface area contributed by atoms with Crippen molar-refractivity contribution in [1.29, 1.82) is 0 Å². The van der Waals surface area contributed by atoms with Crippen molar-refractivity contribution in [3.8, 4) is 11.1 Å². The summed E-state index contributed by atoms with van der Waals surface area (Å²) in [6, 6.07) is 30.2. The maximum atomic E-state index is 12.7. The minimum Gasteiger partial charge on any atom is -0.444 e. The summed E-state index contributed by atoms with van der Waals surface area (Å²) in [5, 5.41) is 4.14. The van der Waals surface area contributed by atoms with Crippen molar-refractivity contribution in [2.45, 2.75) is 38.8 Å². The second kappa shape index (κ2) is 9.23. The van der Waals surface area contributed by atoms with Crippen molar-refractivity contribution >= 4 is 17.0 Å². The van der Waals surface area contributed by atoms with Crippen molar-refractivity contribution < 1.29 is 9.53 Å². The van der Waals surface area contributed by atoms with Gasteiger partial charge in [0.2, 0.25) is 0 Å². The van der Waals surface area contributed by atoms with Gasteiger partial charge >= 0.3 is 6.09 Å². The number of amides is 1. The minimum atomic E-state index is -0.576. The molecule has 4 heteroatoms. The van der Waals surface area contributed by atoms with Crippen LogP contribution in [0.4, 0.5) is 4.79 Å². The molecule has 0 bridgehead atoms. The summed E-state index contributed by atoms with van der Waals surface area (Å²) in [7, 11) is 0. The quantitative estimate of drug-likeness (QED) is 0.387. The average Bonchev–Trinajstić information content (AvgIpc) is 2.78. The fraction of sp³-hybridized carbons (Fsp3) is 0.214. The SMILES string of the molecule is CC(C)(C)OC(=O)NC(Cc1ccccc1)c1cc(-c2ccccc2)c2ccccc2n1. The molecule has 3 aromatic carbocycles.